The number of halogens is 1. The molecule has 0 unspecified atom stereocenters. The number of hydrogen-bond donors (Lipinski definition) is 1. The normalized spacial score (nSPS) is 10.7. The first-order valence-corrected chi connectivity index (χ1v) is 6.36. The van der Waals surface area contributed by atoms with Gasteiger partial charge in [0.2, 0.25) is 0 Å². The summed E-state index contributed by atoms with van der Waals surface area (Å²) in [4.78, 5) is 13.6. The Morgan fingerprint density at radius 2 is 2.10 bits per heavy atom. The summed E-state index contributed by atoms with van der Waals surface area (Å²) in [6.07, 6.45) is 1.41. The SMILES string of the molecule is CC(C)N(C)c1ccc(NC(=O)c2ccco2)cc1F. The van der Waals surface area contributed by atoms with Crippen molar-refractivity contribution in [2.24, 2.45) is 0 Å². The van der Waals surface area contributed by atoms with Gasteiger partial charge in [0.15, 0.2) is 5.76 Å². The van der Waals surface area contributed by atoms with Crippen LogP contribution in [0.5, 0.6) is 0 Å². The van der Waals surface area contributed by atoms with Gasteiger partial charge in [-0.3, -0.25) is 4.79 Å². The summed E-state index contributed by atoms with van der Waals surface area (Å²) in [5.74, 6) is -0.591. The molecule has 0 fully saturated rings. The fraction of sp³-hybridized carbons (Fsp3) is 0.267. The summed E-state index contributed by atoms with van der Waals surface area (Å²) < 4.78 is 19.0. The molecule has 0 bridgehead atoms. The molecule has 0 aliphatic carbocycles. The van der Waals surface area contributed by atoms with Gasteiger partial charge in [-0.1, -0.05) is 0 Å². The summed E-state index contributed by atoms with van der Waals surface area (Å²) in [5, 5.41) is 2.59. The number of amides is 1. The molecule has 0 saturated carbocycles. The van der Waals surface area contributed by atoms with Gasteiger partial charge in [-0.25, -0.2) is 4.39 Å². The van der Waals surface area contributed by atoms with Gasteiger partial charge in [-0.2, -0.15) is 0 Å². The number of carbonyl (C=O) groups excluding carboxylic acids is 1. The molecule has 0 radical (unpaired) electrons. The Kier molecular flexibility index (Phi) is 4.08. The molecule has 0 saturated heterocycles. The first-order valence-electron chi connectivity index (χ1n) is 6.36. The van der Waals surface area contributed by atoms with E-state index in [2.05, 4.69) is 5.32 Å². The topological polar surface area (TPSA) is 45.5 Å². The van der Waals surface area contributed by atoms with Crippen molar-refractivity contribution in [3.63, 3.8) is 0 Å². The summed E-state index contributed by atoms with van der Waals surface area (Å²) in [7, 11) is 1.82. The third-order valence-corrected chi connectivity index (χ3v) is 3.11. The van der Waals surface area contributed by atoms with E-state index in [-0.39, 0.29) is 17.6 Å². The highest BCUT2D eigenvalue weighted by molar-refractivity contribution is 6.02. The second kappa shape index (κ2) is 5.77. The zero-order valence-corrected chi connectivity index (χ0v) is 11.7. The molecule has 106 valence electrons. The van der Waals surface area contributed by atoms with E-state index >= 15 is 0 Å². The molecule has 1 aromatic heterocycles. The fourth-order valence-corrected chi connectivity index (χ4v) is 1.75. The average molecular weight is 276 g/mol. The average Bonchev–Trinajstić information content (AvgIpc) is 2.92. The third kappa shape index (κ3) is 2.99. The van der Waals surface area contributed by atoms with Crippen molar-refractivity contribution in [2.45, 2.75) is 19.9 Å². The number of nitrogens with one attached hydrogen (secondary N) is 1. The van der Waals surface area contributed by atoms with Gasteiger partial charge >= 0.3 is 0 Å². The highest BCUT2D eigenvalue weighted by Gasteiger charge is 2.13. The van der Waals surface area contributed by atoms with E-state index < -0.39 is 5.91 Å². The van der Waals surface area contributed by atoms with Crippen LogP contribution in [0, 0.1) is 5.82 Å². The van der Waals surface area contributed by atoms with E-state index in [0.717, 1.165) is 0 Å². The van der Waals surface area contributed by atoms with Crippen molar-refractivity contribution >= 4 is 17.3 Å². The Bertz CT molecular complexity index is 594. The third-order valence-electron chi connectivity index (χ3n) is 3.11. The van der Waals surface area contributed by atoms with Crippen molar-refractivity contribution in [3.8, 4) is 0 Å². The van der Waals surface area contributed by atoms with Gasteiger partial charge in [0.05, 0.1) is 12.0 Å². The molecule has 0 aliphatic heterocycles. The number of rotatable bonds is 4. The Morgan fingerprint density at radius 3 is 2.65 bits per heavy atom. The zero-order valence-electron chi connectivity index (χ0n) is 11.7. The highest BCUT2D eigenvalue weighted by Crippen LogP contribution is 2.23. The lowest BCUT2D eigenvalue weighted by Crippen LogP contribution is -2.26. The largest absolute Gasteiger partial charge is 0.459 e. The van der Waals surface area contributed by atoms with E-state index in [9.17, 15) is 9.18 Å². The summed E-state index contributed by atoms with van der Waals surface area (Å²) in [6.45, 7) is 3.96. The van der Waals surface area contributed by atoms with Crippen LogP contribution in [0.1, 0.15) is 24.4 Å². The molecule has 1 amide bonds. The second-order valence-electron chi connectivity index (χ2n) is 4.80. The van der Waals surface area contributed by atoms with E-state index in [1.54, 1.807) is 24.3 Å². The van der Waals surface area contributed by atoms with Crippen molar-refractivity contribution in [3.05, 3.63) is 48.2 Å². The maximum absolute atomic E-state index is 14.0. The summed E-state index contributed by atoms with van der Waals surface area (Å²) in [5.41, 5.74) is 0.890. The first kappa shape index (κ1) is 14.1. The van der Waals surface area contributed by atoms with Gasteiger partial charge in [-0.05, 0) is 44.2 Å². The fourth-order valence-electron chi connectivity index (χ4n) is 1.75. The molecular weight excluding hydrogens is 259 g/mol. The quantitative estimate of drug-likeness (QED) is 0.929. The lowest BCUT2D eigenvalue weighted by Gasteiger charge is -2.24. The minimum atomic E-state index is -0.403. The Labute approximate surface area is 117 Å². The van der Waals surface area contributed by atoms with Crippen LogP contribution in [0.3, 0.4) is 0 Å². The second-order valence-corrected chi connectivity index (χ2v) is 4.80. The minimum absolute atomic E-state index is 0.188. The molecule has 2 aromatic rings. The Morgan fingerprint density at radius 1 is 1.35 bits per heavy atom. The van der Waals surface area contributed by atoms with Crippen molar-refractivity contribution in [2.75, 3.05) is 17.3 Å². The lowest BCUT2D eigenvalue weighted by molar-refractivity contribution is 0.0996. The number of benzene rings is 1. The predicted molar refractivity (Wildman–Crippen MR) is 76.6 cm³/mol. The molecule has 4 nitrogen and oxygen atoms in total. The van der Waals surface area contributed by atoms with Crippen LogP contribution in [0.2, 0.25) is 0 Å². The number of nitrogens with zero attached hydrogens (tertiary/aromatic N) is 1. The number of carbonyl (C=O) groups is 1. The molecule has 20 heavy (non-hydrogen) atoms. The van der Waals surface area contributed by atoms with Crippen LogP contribution in [-0.2, 0) is 0 Å². The minimum Gasteiger partial charge on any atom is -0.459 e. The number of anilines is 2. The van der Waals surface area contributed by atoms with Crippen LogP contribution < -0.4 is 10.2 Å². The highest BCUT2D eigenvalue weighted by atomic mass is 19.1. The van der Waals surface area contributed by atoms with E-state index in [1.807, 2.05) is 25.8 Å². The monoisotopic (exact) mass is 276 g/mol. The number of hydrogen-bond acceptors (Lipinski definition) is 3. The van der Waals surface area contributed by atoms with E-state index in [4.69, 9.17) is 4.42 Å². The molecule has 0 spiro atoms. The maximum atomic E-state index is 14.0. The first-order chi connectivity index (χ1) is 9.49. The summed E-state index contributed by atoms with van der Waals surface area (Å²) in [6, 6.07) is 7.97. The van der Waals surface area contributed by atoms with Crippen LogP contribution in [-0.4, -0.2) is 19.0 Å². The van der Waals surface area contributed by atoms with Crippen LogP contribution in [0.25, 0.3) is 0 Å². The van der Waals surface area contributed by atoms with Gasteiger partial charge in [-0.15, -0.1) is 0 Å². The van der Waals surface area contributed by atoms with Gasteiger partial charge in [0.25, 0.3) is 5.91 Å². The molecule has 2 rings (SSSR count). The summed E-state index contributed by atoms with van der Waals surface area (Å²) >= 11 is 0. The van der Waals surface area contributed by atoms with E-state index in [0.29, 0.717) is 11.4 Å². The molecule has 1 aromatic carbocycles. The van der Waals surface area contributed by atoms with Gasteiger partial charge in [0.1, 0.15) is 5.82 Å². The van der Waals surface area contributed by atoms with E-state index in [1.165, 1.54) is 12.3 Å². The smallest absolute Gasteiger partial charge is 0.291 e. The zero-order chi connectivity index (χ0) is 14.7. The van der Waals surface area contributed by atoms with Gasteiger partial charge < -0.3 is 14.6 Å². The van der Waals surface area contributed by atoms with Crippen molar-refractivity contribution in [1.29, 1.82) is 0 Å². The molecule has 0 atom stereocenters. The molecule has 1 N–H and O–H groups in total. The van der Waals surface area contributed by atoms with Crippen LogP contribution in [0.15, 0.2) is 41.0 Å². The molecular formula is C15H17FN2O2. The molecule has 5 heteroatoms. The molecule has 0 aliphatic rings. The Hall–Kier alpha value is -2.30. The maximum Gasteiger partial charge on any atom is 0.291 e. The standard InChI is InChI=1S/C15H17FN2O2/c1-10(2)18(3)13-7-6-11(9-12(13)16)17-15(19)14-5-4-8-20-14/h4-10H,1-3H3,(H,17,19). The van der Waals surface area contributed by atoms with Crippen molar-refractivity contribution < 1.29 is 13.6 Å². The predicted octanol–water partition coefficient (Wildman–Crippen LogP) is 3.52. The lowest BCUT2D eigenvalue weighted by atomic mass is 10.2. The Balaban J connectivity index is 2.15. The van der Waals surface area contributed by atoms with Crippen LogP contribution in [0.4, 0.5) is 15.8 Å². The number of furan rings is 1. The van der Waals surface area contributed by atoms with Crippen molar-refractivity contribution in [1.82, 2.24) is 0 Å². The van der Waals surface area contributed by atoms with Gasteiger partial charge in [0, 0.05) is 18.8 Å². The van der Waals surface area contributed by atoms with Crippen LogP contribution >= 0.6 is 0 Å². The molecule has 1 heterocycles.